The topological polar surface area (TPSA) is 59.8 Å². The summed E-state index contributed by atoms with van der Waals surface area (Å²) in [6.07, 6.45) is 6.04. The van der Waals surface area contributed by atoms with E-state index in [4.69, 9.17) is 0 Å². The molecule has 2 heterocycles. The summed E-state index contributed by atoms with van der Waals surface area (Å²) in [5.41, 5.74) is 3.68. The van der Waals surface area contributed by atoms with Crippen LogP contribution in [0.2, 0.25) is 0 Å². The molecule has 1 N–H and O–H groups in total. The van der Waals surface area contributed by atoms with Crippen molar-refractivity contribution in [1.82, 2.24) is 20.1 Å². The molecule has 0 saturated carbocycles. The van der Waals surface area contributed by atoms with E-state index in [0.29, 0.717) is 12.1 Å². The molecule has 0 aliphatic rings. The van der Waals surface area contributed by atoms with Crippen LogP contribution < -0.4 is 5.32 Å². The normalized spacial score (nSPS) is 10.5. The fourth-order valence-corrected chi connectivity index (χ4v) is 2.26. The molecule has 23 heavy (non-hydrogen) atoms. The molecular weight excluding hydrogens is 288 g/mol. The van der Waals surface area contributed by atoms with E-state index in [1.165, 1.54) is 5.56 Å². The largest absolute Gasteiger partial charge is 0.352 e. The molecule has 3 rings (SSSR count). The zero-order chi connectivity index (χ0) is 16.1. The molecule has 0 aliphatic carbocycles. The monoisotopic (exact) mass is 306 g/mol. The Kier molecular flexibility index (Phi) is 4.47. The number of nitrogens with zero attached hydrogens (tertiary/aromatic N) is 3. The van der Waals surface area contributed by atoms with Crippen molar-refractivity contribution in [3.8, 4) is 5.69 Å². The average molecular weight is 306 g/mol. The van der Waals surface area contributed by atoms with Crippen LogP contribution >= 0.6 is 0 Å². The van der Waals surface area contributed by atoms with Gasteiger partial charge in [0.1, 0.15) is 0 Å². The lowest BCUT2D eigenvalue weighted by molar-refractivity contribution is 0.0954. The molecule has 0 fully saturated rings. The minimum absolute atomic E-state index is 0.0920. The number of nitrogens with one attached hydrogen (secondary N) is 1. The Morgan fingerprint density at radius 3 is 2.65 bits per heavy atom. The van der Waals surface area contributed by atoms with Crippen LogP contribution in [0.3, 0.4) is 0 Å². The summed E-state index contributed by atoms with van der Waals surface area (Å²) in [6.45, 7) is 2.49. The minimum atomic E-state index is -0.0920. The molecular formula is C18H18N4O. The Bertz CT molecular complexity index is 762. The first-order valence-electron chi connectivity index (χ1n) is 7.52. The second-order valence-electron chi connectivity index (χ2n) is 5.31. The molecule has 0 spiro atoms. The highest BCUT2D eigenvalue weighted by molar-refractivity contribution is 5.93. The minimum Gasteiger partial charge on any atom is -0.352 e. The molecule has 1 aromatic carbocycles. The van der Waals surface area contributed by atoms with E-state index in [-0.39, 0.29) is 5.91 Å². The first-order chi connectivity index (χ1) is 11.2. The van der Waals surface area contributed by atoms with Gasteiger partial charge >= 0.3 is 0 Å². The highest BCUT2D eigenvalue weighted by atomic mass is 16.1. The summed E-state index contributed by atoms with van der Waals surface area (Å²) in [4.78, 5) is 16.1. The third-order valence-electron chi connectivity index (χ3n) is 3.58. The van der Waals surface area contributed by atoms with Gasteiger partial charge in [-0.05, 0) is 49.2 Å². The summed E-state index contributed by atoms with van der Waals surface area (Å²) in [7, 11) is 0. The third kappa shape index (κ3) is 3.83. The molecule has 0 unspecified atom stereocenters. The van der Waals surface area contributed by atoms with Crippen molar-refractivity contribution >= 4 is 5.91 Å². The van der Waals surface area contributed by atoms with Crippen molar-refractivity contribution in [3.05, 3.63) is 77.9 Å². The number of rotatable bonds is 5. The molecule has 0 saturated heterocycles. The van der Waals surface area contributed by atoms with Crippen molar-refractivity contribution in [3.63, 3.8) is 0 Å². The van der Waals surface area contributed by atoms with Crippen molar-refractivity contribution in [1.29, 1.82) is 0 Å². The van der Waals surface area contributed by atoms with E-state index in [2.05, 4.69) is 27.5 Å². The van der Waals surface area contributed by atoms with Gasteiger partial charge in [0.2, 0.25) is 0 Å². The molecule has 0 atom stereocenters. The van der Waals surface area contributed by atoms with Gasteiger partial charge in [0, 0.05) is 30.8 Å². The van der Waals surface area contributed by atoms with Gasteiger partial charge in [-0.3, -0.25) is 9.78 Å². The molecule has 0 bridgehead atoms. The van der Waals surface area contributed by atoms with Gasteiger partial charge in [-0.15, -0.1) is 0 Å². The van der Waals surface area contributed by atoms with Crippen LogP contribution in [0.4, 0.5) is 0 Å². The van der Waals surface area contributed by atoms with Crippen LogP contribution in [0, 0.1) is 6.92 Å². The summed E-state index contributed by atoms with van der Waals surface area (Å²) in [5.74, 6) is -0.0920. The van der Waals surface area contributed by atoms with Crippen LogP contribution in [0.25, 0.3) is 5.69 Å². The lowest BCUT2D eigenvalue weighted by Crippen LogP contribution is -2.25. The van der Waals surface area contributed by atoms with Gasteiger partial charge in [0.05, 0.1) is 11.3 Å². The van der Waals surface area contributed by atoms with E-state index >= 15 is 0 Å². The van der Waals surface area contributed by atoms with E-state index in [0.717, 1.165) is 17.8 Å². The Balaban J connectivity index is 1.52. The van der Waals surface area contributed by atoms with Crippen LogP contribution in [0.5, 0.6) is 0 Å². The van der Waals surface area contributed by atoms with Gasteiger partial charge in [-0.2, -0.15) is 5.10 Å². The fourth-order valence-electron chi connectivity index (χ4n) is 2.26. The maximum atomic E-state index is 12.0. The summed E-state index contributed by atoms with van der Waals surface area (Å²) in [5, 5.41) is 7.11. The average Bonchev–Trinajstić information content (AvgIpc) is 3.10. The van der Waals surface area contributed by atoms with Crippen molar-refractivity contribution in [2.24, 2.45) is 0 Å². The number of hydrogen-bond acceptors (Lipinski definition) is 3. The Morgan fingerprint density at radius 1 is 1.17 bits per heavy atom. The summed E-state index contributed by atoms with van der Waals surface area (Å²) >= 11 is 0. The zero-order valence-electron chi connectivity index (χ0n) is 12.9. The fraction of sp³-hybridized carbons (Fsp3) is 0.167. The number of carbonyl (C=O) groups is 1. The molecule has 5 heteroatoms. The van der Waals surface area contributed by atoms with Gasteiger partial charge in [-0.1, -0.05) is 12.1 Å². The van der Waals surface area contributed by atoms with Gasteiger partial charge in [0.25, 0.3) is 5.91 Å². The van der Waals surface area contributed by atoms with Crippen LogP contribution in [0.1, 0.15) is 21.6 Å². The van der Waals surface area contributed by atoms with E-state index < -0.39 is 0 Å². The summed E-state index contributed by atoms with van der Waals surface area (Å²) < 4.78 is 1.82. The number of aromatic nitrogens is 3. The number of benzene rings is 1. The molecule has 116 valence electrons. The zero-order valence-corrected chi connectivity index (χ0v) is 12.9. The first-order valence-corrected chi connectivity index (χ1v) is 7.52. The van der Waals surface area contributed by atoms with E-state index in [1.807, 2.05) is 42.1 Å². The first kappa shape index (κ1) is 15.0. The second-order valence-corrected chi connectivity index (χ2v) is 5.31. The number of carbonyl (C=O) groups excluding carboxylic acids is 1. The lowest BCUT2D eigenvalue weighted by atomic mass is 10.1. The summed E-state index contributed by atoms with van der Waals surface area (Å²) in [6, 6.07) is 13.7. The van der Waals surface area contributed by atoms with Crippen LogP contribution in [-0.4, -0.2) is 27.2 Å². The van der Waals surface area contributed by atoms with E-state index in [1.54, 1.807) is 18.5 Å². The number of hydrogen-bond donors (Lipinski definition) is 1. The Hall–Kier alpha value is -2.95. The highest BCUT2D eigenvalue weighted by Gasteiger charge is 2.05. The van der Waals surface area contributed by atoms with Gasteiger partial charge < -0.3 is 5.32 Å². The van der Waals surface area contributed by atoms with Crippen molar-refractivity contribution < 1.29 is 4.79 Å². The standard InChI is InChI=1S/C18H18N4O/c1-14-3-6-16(13-20-14)18(23)19-11-9-15-4-7-17(8-5-15)22-12-2-10-21-22/h2-8,10,12-13H,9,11H2,1H3,(H,19,23). The molecule has 0 aliphatic heterocycles. The van der Waals surface area contributed by atoms with Crippen molar-refractivity contribution in [2.45, 2.75) is 13.3 Å². The Morgan fingerprint density at radius 2 is 2.00 bits per heavy atom. The maximum Gasteiger partial charge on any atom is 0.252 e. The maximum absolute atomic E-state index is 12.0. The van der Waals surface area contributed by atoms with Gasteiger partial charge in [-0.25, -0.2) is 4.68 Å². The number of aryl methyl sites for hydroxylation is 1. The quantitative estimate of drug-likeness (QED) is 0.788. The Labute approximate surface area is 135 Å². The molecule has 0 radical (unpaired) electrons. The lowest BCUT2D eigenvalue weighted by Gasteiger charge is -2.07. The van der Waals surface area contributed by atoms with Crippen molar-refractivity contribution in [2.75, 3.05) is 6.54 Å². The highest BCUT2D eigenvalue weighted by Crippen LogP contribution is 2.09. The van der Waals surface area contributed by atoms with Gasteiger partial charge in [0.15, 0.2) is 0 Å². The van der Waals surface area contributed by atoms with Crippen LogP contribution in [0.15, 0.2) is 61.1 Å². The second kappa shape index (κ2) is 6.87. The smallest absolute Gasteiger partial charge is 0.252 e. The molecule has 3 aromatic rings. The SMILES string of the molecule is Cc1ccc(C(=O)NCCc2ccc(-n3cccn3)cc2)cn1. The molecule has 1 amide bonds. The third-order valence-corrected chi connectivity index (χ3v) is 3.58. The number of amides is 1. The predicted molar refractivity (Wildman–Crippen MR) is 88.6 cm³/mol. The predicted octanol–water partition coefficient (Wildman–Crippen LogP) is 2.55. The molecule has 5 nitrogen and oxygen atoms in total. The van der Waals surface area contributed by atoms with Crippen LogP contribution in [-0.2, 0) is 6.42 Å². The number of pyridine rings is 1. The molecule has 2 aromatic heterocycles. The van der Waals surface area contributed by atoms with E-state index in [9.17, 15) is 4.79 Å².